The predicted octanol–water partition coefficient (Wildman–Crippen LogP) is 8.03. The highest BCUT2D eigenvalue weighted by atomic mass is 16.5. The van der Waals surface area contributed by atoms with Gasteiger partial charge in [0.2, 0.25) is 0 Å². The highest BCUT2D eigenvalue weighted by molar-refractivity contribution is 6.12. The Hall–Kier alpha value is -3.16. The molecule has 2 aliphatic carbocycles. The minimum absolute atomic E-state index is 0.0308. The fourth-order valence-electron chi connectivity index (χ4n) is 5.27. The van der Waals surface area contributed by atoms with Gasteiger partial charge in [-0.15, -0.1) is 0 Å². The first kappa shape index (κ1) is 27.4. The molecule has 0 aromatic heterocycles. The van der Waals surface area contributed by atoms with Crippen LogP contribution in [0.5, 0.6) is 5.75 Å². The van der Waals surface area contributed by atoms with Crippen molar-refractivity contribution in [2.75, 3.05) is 0 Å². The maximum Gasteiger partial charge on any atom is 0.151 e. The van der Waals surface area contributed by atoms with E-state index in [0.717, 1.165) is 41.1 Å². The maximum absolute atomic E-state index is 13.1. The number of allylic oxidation sites excluding steroid dienone is 2. The van der Waals surface area contributed by atoms with Crippen LogP contribution in [0.2, 0.25) is 0 Å². The van der Waals surface area contributed by atoms with Crippen molar-refractivity contribution in [2.24, 2.45) is 11.3 Å². The number of carbonyl (C=O) groups excluding carboxylic acids is 2. The Morgan fingerprint density at radius 3 is 2.33 bits per heavy atom. The standard InChI is InChI=1S/C30H32O3.C3H8/c1-6-25(19-29(3,4)5)33-26-12-13-27-20(2)22(14-21(27)15-26)17-30(18-24(31)16-28(30)32)23-10-8-7-9-11-23;1-3-2/h7-13,15,22H,1-2,14,16-19H2,3-5H3;3H2,1-2H3. The monoisotopic (exact) mass is 484 g/mol. The van der Waals surface area contributed by atoms with Crippen LogP contribution >= 0.6 is 0 Å². The Kier molecular flexibility index (Phi) is 8.59. The van der Waals surface area contributed by atoms with Gasteiger partial charge >= 0.3 is 0 Å². The van der Waals surface area contributed by atoms with E-state index in [1.807, 2.05) is 36.4 Å². The zero-order chi connectivity index (χ0) is 26.5. The van der Waals surface area contributed by atoms with Gasteiger partial charge in [-0.2, -0.15) is 0 Å². The molecule has 2 aromatic rings. The number of Topliss-reactive ketones (excluding diaryl/α,β-unsaturated/α-hetero) is 2. The number of carbonyl (C=O) groups is 2. The summed E-state index contributed by atoms with van der Waals surface area (Å²) in [6, 6.07) is 15.9. The fourth-order valence-corrected chi connectivity index (χ4v) is 5.27. The van der Waals surface area contributed by atoms with Gasteiger partial charge in [0.25, 0.3) is 0 Å². The summed E-state index contributed by atoms with van der Waals surface area (Å²) in [5.74, 6) is 1.67. The van der Waals surface area contributed by atoms with Gasteiger partial charge in [0, 0.05) is 12.8 Å². The van der Waals surface area contributed by atoms with Crippen molar-refractivity contribution in [1.29, 1.82) is 0 Å². The molecule has 2 aromatic carbocycles. The van der Waals surface area contributed by atoms with Crippen LogP contribution in [0.25, 0.3) is 5.57 Å². The van der Waals surface area contributed by atoms with Crippen LogP contribution in [0, 0.1) is 11.3 Å². The lowest BCUT2D eigenvalue weighted by atomic mass is 9.70. The summed E-state index contributed by atoms with van der Waals surface area (Å²) in [4.78, 5) is 25.4. The Morgan fingerprint density at radius 1 is 1.11 bits per heavy atom. The lowest BCUT2D eigenvalue weighted by Gasteiger charge is -2.30. The molecule has 0 spiro atoms. The molecule has 2 aliphatic rings. The smallest absolute Gasteiger partial charge is 0.151 e. The number of benzene rings is 2. The minimum Gasteiger partial charge on any atom is -0.453 e. The number of hydrogen-bond acceptors (Lipinski definition) is 3. The second-order valence-corrected chi connectivity index (χ2v) is 11.4. The molecule has 3 nitrogen and oxygen atoms in total. The second-order valence-electron chi connectivity index (χ2n) is 11.4. The lowest BCUT2D eigenvalue weighted by molar-refractivity contribution is -0.123. The SMILES string of the molecule is C=C=C(CC(C)(C)C)Oc1ccc2c(c1)CC(CC1(c3ccccc3)CC(=O)CC1=O)C2=C.CCC. The van der Waals surface area contributed by atoms with Gasteiger partial charge in [0.1, 0.15) is 17.3 Å². The first-order chi connectivity index (χ1) is 17.0. The molecule has 0 radical (unpaired) electrons. The van der Waals surface area contributed by atoms with Crippen LogP contribution in [0.15, 0.2) is 73.2 Å². The van der Waals surface area contributed by atoms with E-state index in [0.29, 0.717) is 6.42 Å². The third kappa shape index (κ3) is 6.15. The summed E-state index contributed by atoms with van der Waals surface area (Å²) in [5, 5.41) is 0. The first-order valence-electron chi connectivity index (χ1n) is 13.0. The summed E-state index contributed by atoms with van der Waals surface area (Å²) in [7, 11) is 0. The van der Waals surface area contributed by atoms with Crippen molar-refractivity contribution >= 4 is 17.1 Å². The summed E-state index contributed by atoms with van der Waals surface area (Å²) in [5.41, 5.74) is 6.52. The van der Waals surface area contributed by atoms with E-state index in [9.17, 15) is 9.59 Å². The van der Waals surface area contributed by atoms with E-state index >= 15 is 0 Å². The van der Waals surface area contributed by atoms with E-state index in [4.69, 9.17) is 4.74 Å². The van der Waals surface area contributed by atoms with Gasteiger partial charge in [-0.25, -0.2) is 0 Å². The molecular weight excluding hydrogens is 444 g/mol. The van der Waals surface area contributed by atoms with Crippen molar-refractivity contribution in [2.45, 2.75) is 78.6 Å². The number of rotatable bonds is 6. The zero-order valence-corrected chi connectivity index (χ0v) is 22.6. The van der Waals surface area contributed by atoms with E-state index in [-0.39, 0.29) is 35.7 Å². The van der Waals surface area contributed by atoms with E-state index in [2.05, 4.69) is 65.6 Å². The fraction of sp³-hybridized carbons (Fsp3) is 0.424. The van der Waals surface area contributed by atoms with Gasteiger partial charge in [-0.3, -0.25) is 9.59 Å². The highest BCUT2D eigenvalue weighted by Gasteiger charge is 2.49. The molecule has 1 saturated carbocycles. The Labute approximate surface area is 217 Å². The first-order valence-corrected chi connectivity index (χ1v) is 13.0. The largest absolute Gasteiger partial charge is 0.453 e. The van der Waals surface area contributed by atoms with Crippen LogP contribution in [0.1, 0.15) is 83.4 Å². The van der Waals surface area contributed by atoms with Crippen LogP contribution in [-0.2, 0) is 21.4 Å². The third-order valence-corrected chi connectivity index (χ3v) is 6.82. The summed E-state index contributed by atoms with van der Waals surface area (Å²) in [6.45, 7) is 18.9. The Balaban J connectivity index is 0.00000115. The highest BCUT2D eigenvalue weighted by Crippen LogP contribution is 2.48. The predicted molar refractivity (Wildman–Crippen MR) is 148 cm³/mol. The van der Waals surface area contributed by atoms with Gasteiger partial charge < -0.3 is 4.74 Å². The zero-order valence-electron chi connectivity index (χ0n) is 22.6. The molecule has 0 amide bonds. The lowest BCUT2D eigenvalue weighted by Crippen LogP contribution is -2.33. The number of ketones is 2. The molecule has 2 atom stereocenters. The molecule has 1 fully saturated rings. The molecule has 0 N–H and O–H groups in total. The maximum atomic E-state index is 13.1. The molecule has 190 valence electrons. The molecule has 36 heavy (non-hydrogen) atoms. The minimum atomic E-state index is -0.751. The average molecular weight is 485 g/mol. The summed E-state index contributed by atoms with van der Waals surface area (Å²) in [6.07, 6.45) is 3.70. The van der Waals surface area contributed by atoms with E-state index in [1.165, 1.54) is 12.0 Å². The number of fused-ring (bicyclic) bond motifs is 1. The molecule has 3 heteroatoms. The van der Waals surface area contributed by atoms with Gasteiger partial charge in [-0.05, 0) is 58.6 Å². The quantitative estimate of drug-likeness (QED) is 0.237. The molecule has 2 unspecified atom stereocenters. The van der Waals surface area contributed by atoms with Crippen LogP contribution < -0.4 is 4.74 Å². The number of ether oxygens (including phenoxy) is 1. The van der Waals surface area contributed by atoms with Gasteiger partial charge in [-0.1, -0.05) is 96.3 Å². The van der Waals surface area contributed by atoms with Gasteiger partial charge in [0.05, 0.1) is 11.8 Å². The van der Waals surface area contributed by atoms with Crippen molar-refractivity contribution in [3.8, 4) is 5.75 Å². The van der Waals surface area contributed by atoms with Crippen LogP contribution in [0.4, 0.5) is 0 Å². The molecule has 0 heterocycles. The van der Waals surface area contributed by atoms with Crippen molar-refractivity contribution < 1.29 is 14.3 Å². The molecule has 4 rings (SSSR count). The average Bonchev–Trinajstić information content (AvgIpc) is 3.28. The van der Waals surface area contributed by atoms with Gasteiger partial charge in [0.15, 0.2) is 5.78 Å². The second kappa shape index (κ2) is 11.3. The van der Waals surface area contributed by atoms with Crippen LogP contribution in [-0.4, -0.2) is 11.6 Å². The van der Waals surface area contributed by atoms with Crippen molar-refractivity contribution in [3.05, 3.63) is 89.9 Å². The van der Waals surface area contributed by atoms with E-state index in [1.54, 1.807) is 0 Å². The molecular formula is C33H40O3. The Bertz CT molecular complexity index is 1180. The molecule has 0 aliphatic heterocycles. The van der Waals surface area contributed by atoms with Crippen molar-refractivity contribution in [1.82, 2.24) is 0 Å². The van der Waals surface area contributed by atoms with Crippen LogP contribution in [0.3, 0.4) is 0 Å². The normalized spacial score (nSPS) is 20.9. The Morgan fingerprint density at radius 2 is 1.78 bits per heavy atom. The van der Waals surface area contributed by atoms with Crippen molar-refractivity contribution in [3.63, 3.8) is 0 Å². The summed E-state index contributed by atoms with van der Waals surface area (Å²) >= 11 is 0. The summed E-state index contributed by atoms with van der Waals surface area (Å²) < 4.78 is 6.10. The molecule has 0 saturated heterocycles. The third-order valence-electron chi connectivity index (χ3n) is 6.82. The topological polar surface area (TPSA) is 43.4 Å². The van der Waals surface area contributed by atoms with E-state index < -0.39 is 5.41 Å². The molecule has 0 bridgehead atoms. The number of hydrogen-bond donors (Lipinski definition) is 0.